The van der Waals surface area contributed by atoms with Crippen molar-refractivity contribution in [3.05, 3.63) is 0 Å². The van der Waals surface area contributed by atoms with E-state index in [0.29, 0.717) is 0 Å². The Morgan fingerprint density at radius 2 is 0.896 bits per heavy atom. The Hall–Kier alpha value is 0.0948. The van der Waals surface area contributed by atoms with Crippen LogP contribution < -0.4 is 0 Å². The summed E-state index contributed by atoms with van der Waals surface area (Å²) in [5.74, 6) is -0.789. The van der Waals surface area contributed by atoms with Gasteiger partial charge >= 0.3 is 7.56 Å². The normalized spacial score (nSPS) is 50.2. The van der Waals surface area contributed by atoms with Crippen LogP contribution in [0.25, 0.3) is 0 Å². The topological polar surface area (TPSA) is 307 Å². The Morgan fingerprint density at radius 1 is 0.542 bits per heavy atom. The van der Waals surface area contributed by atoms with E-state index in [4.69, 9.17) is 33.2 Å². The Kier molecular flexibility index (Phi) is 15.1. The van der Waals surface area contributed by atoms with Gasteiger partial charge in [0.2, 0.25) is 0 Å². The lowest BCUT2D eigenvalue weighted by Crippen LogP contribution is -2.67. The van der Waals surface area contributed by atoms with Crippen molar-refractivity contribution in [1.29, 1.82) is 0 Å². The minimum atomic E-state index is -2.00. The summed E-state index contributed by atoms with van der Waals surface area (Å²) < 4.78 is 52.3. The molecule has 48 heavy (non-hydrogen) atoms. The second kappa shape index (κ2) is 17.7. The Morgan fingerprint density at radius 3 is 1.27 bits per heavy atom. The van der Waals surface area contributed by atoms with Crippen LogP contribution in [0.1, 0.15) is 0 Å². The number of aliphatic hydroxyl groups is 12. The van der Waals surface area contributed by atoms with Crippen molar-refractivity contribution in [2.24, 2.45) is 0 Å². The molecule has 0 bridgehead atoms. The van der Waals surface area contributed by atoms with Gasteiger partial charge in [0, 0.05) is 0 Å². The average Bonchev–Trinajstić information content (AvgIpc) is 3.07. The van der Waals surface area contributed by atoms with Gasteiger partial charge in [0.15, 0.2) is 23.3 Å². The van der Waals surface area contributed by atoms with E-state index in [-0.39, 0.29) is 4.46 Å². The molecule has 0 aliphatic carbocycles. The first-order valence-corrected chi connectivity index (χ1v) is 16.6. The highest BCUT2D eigenvalue weighted by molar-refractivity contribution is 14.1. The number of aliphatic hydroxyl groups excluding tert-OH is 12. The van der Waals surface area contributed by atoms with Crippen molar-refractivity contribution >= 4 is 42.1 Å². The molecule has 24 heteroatoms. The first-order chi connectivity index (χ1) is 22.7. The van der Waals surface area contributed by atoms with Gasteiger partial charge in [-0.2, -0.15) is 22.4 Å². The summed E-state index contributed by atoms with van der Waals surface area (Å²) in [6, 6.07) is -1.06. The summed E-state index contributed by atoms with van der Waals surface area (Å²) in [7, 11) is 0.757. The predicted octanol–water partition coefficient (Wildman–Crippen LogP) is -8.85. The van der Waals surface area contributed by atoms with E-state index in [9.17, 15) is 65.6 Å². The van der Waals surface area contributed by atoms with Gasteiger partial charge in [-0.15, -0.1) is 0 Å². The van der Waals surface area contributed by atoms with E-state index in [1.807, 2.05) is 22.4 Å². The number of hydrogen-bond donors (Lipinski definition) is 12. The summed E-state index contributed by atoms with van der Waals surface area (Å²) in [6.07, 6.45) is -30.3. The molecule has 4 aliphatic rings. The van der Waals surface area contributed by atoms with E-state index in [2.05, 4.69) is 0 Å². The molecule has 276 valence electrons. The molecule has 0 radical (unpaired) electrons. The molecular weight excluding hydrogens is 771 g/mol. The lowest BCUT2D eigenvalue weighted by Gasteiger charge is -2.49. The summed E-state index contributed by atoms with van der Waals surface area (Å²) in [4.78, 5) is 0. The molecule has 0 spiro atoms. The molecular formula is C24H43B3FIO19. The minimum absolute atomic E-state index is 0.322. The van der Waals surface area contributed by atoms with Gasteiger partial charge < -0.3 is 98.8 Å². The quantitative estimate of drug-likeness (QED) is 0.0643. The fourth-order valence-electron chi connectivity index (χ4n) is 6.38. The standard InChI is InChI=1S/C24H43B3FIO19/c25-27(29)9-11(35)18(6(2-31)42-21(9)26-28)46-23-16(40)13(37)20(8(4-33)44-23)48-24-17(41)14(38)19(7(3-32)45-24)47-22-15(39)12(36)10(34)5(1-30)43-22/h5-24,26,30-41H,1-4,25H2. The number of hydrogen-bond acceptors (Lipinski definition) is 19. The van der Waals surface area contributed by atoms with Gasteiger partial charge in [-0.25, -0.2) is 0 Å². The fraction of sp³-hybridized carbons (Fsp3) is 1.00. The summed E-state index contributed by atoms with van der Waals surface area (Å²) in [5.41, 5.74) is 0. The SMILES string of the molecule is BB(I)C1C(BF)OC(CO)C(OC2OC(CO)C(OC3OC(CO)C(OC4OC(CO)C(O)C(O)C4O)C(O)C3O)C(O)C2O)C1O. The summed E-state index contributed by atoms with van der Waals surface area (Å²) >= 11 is 1.97. The van der Waals surface area contributed by atoms with Crippen molar-refractivity contribution in [1.82, 2.24) is 0 Å². The third kappa shape index (κ3) is 8.33. The molecule has 0 saturated carbocycles. The Bertz CT molecular complexity index is 999. The Labute approximate surface area is 289 Å². The lowest BCUT2D eigenvalue weighted by molar-refractivity contribution is -0.383. The van der Waals surface area contributed by atoms with Gasteiger partial charge in [-0.1, -0.05) is 0 Å². The molecule has 4 aliphatic heterocycles. The zero-order chi connectivity index (χ0) is 35.6. The van der Waals surface area contributed by atoms with Crippen LogP contribution in [-0.4, -0.2) is 224 Å². The maximum absolute atomic E-state index is 13.7. The van der Waals surface area contributed by atoms with Crippen molar-refractivity contribution in [2.45, 2.75) is 122 Å². The predicted molar refractivity (Wildman–Crippen MR) is 166 cm³/mol. The highest BCUT2D eigenvalue weighted by Crippen LogP contribution is 2.38. The van der Waals surface area contributed by atoms with Gasteiger partial charge in [0.05, 0.1) is 46.3 Å². The van der Waals surface area contributed by atoms with Crippen molar-refractivity contribution in [2.75, 3.05) is 26.4 Å². The first-order valence-electron chi connectivity index (χ1n) is 15.4. The number of ether oxygens (including phenoxy) is 7. The van der Waals surface area contributed by atoms with E-state index in [1.54, 1.807) is 7.74 Å². The summed E-state index contributed by atoms with van der Waals surface area (Å²) in [5, 5.41) is 124. The molecule has 4 rings (SSSR count). The molecule has 4 heterocycles. The Balaban J connectivity index is 1.44. The van der Waals surface area contributed by atoms with Crippen LogP contribution in [0.15, 0.2) is 0 Å². The number of rotatable bonds is 12. The van der Waals surface area contributed by atoms with Crippen LogP contribution >= 0.6 is 22.4 Å². The molecule has 4 saturated heterocycles. The van der Waals surface area contributed by atoms with Crippen LogP contribution in [0.4, 0.5) is 4.32 Å². The molecule has 19 nitrogen and oxygen atoms in total. The van der Waals surface area contributed by atoms with Crippen LogP contribution in [-0.2, 0) is 33.2 Å². The zero-order valence-corrected chi connectivity index (χ0v) is 27.8. The third-order valence-electron chi connectivity index (χ3n) is 9.10. The van der Waals surface area contributed by atoms with Crippen LogP contribution in [0.2, 0.25) is 5.82 Å². The number of halogens is 2. The molecule has 20 atom stereocenters. The second-order valence-corrected chi connectivity index (χ2v) is 14.2. The molecule has 20 unspecified atom stereocenters. The van der Waals surface area contributed by atoms with E-state index in [1.165, 1.54) is 0 Å². The minimum Gasteiger partial charge on any atom is -0.394 e. The van der Waals surface area contributed by atoms with Gasteiger partial charge in [0.1, 0.15) is 85.5 Å². The molecule has 0 aromatic heterocycles. The van der Waals surface area contributed by atoms with Gasteiger partial charge in [0.25, 0.3) is 0 Å². The van der Waals surface area contributed by atoms with Crippen LogP contribution in [0.3, 0.4) is 0 Å². The third-order valence-corrected chi connectivity index (χ3v) is 9.93. The molecule has 4 fully saturated rings. The highest BCUT2D eigenvalue weighted by atomic mass is 127. The maximum atomic E-state index is 13.7. The van der Waals surface area contributed by atoms with E-state index in [0.717, 1.165) is 0 Å². The molecule has 0 aromatic rings. The van der Waals surface area contributed by atoms with Crippen molar-refractivity contribution in [3.63, 3.8) is 0 Å². The monoisotopic (exact) mass is 814 g/mol. The maximum Gasteiger partial charge on any atom is 0.360 e. The second-order valence-electron chi connectivity index (χ2n) is 12.2. The molecule has 0 amide bonds. The fourth-order valence-corrected chi connectivity index (χ4v) is 7.27. The zero-order valence-electron chi connectivity index (χ0n) is 25.6. The smallest absolute Gasteiger partial charge is 0.360 e. The molecule has 0 aromatic carbocycles. The summed E-state index contributed by atoms with van der Waals surface area (Å²) in [6.45, 7) is -3.22. The lowest BCUT2D eigenvalue weighted by atomic mass is 9.41. The van der Waals surface area contributed by atoms with Crippen LogP contribution in [0.5, 0.6) is 0 Å². The molecule has 12 N–H and O–H groups in total. The van der Waals surface area contributed by atoms with Crippen LogP contribution in [0, 0.1) is 0 Å². The first kappa shape index (κ1) is 40.9. The van der Waals surface area contributed by atoms with Crippen molar-refractivity contribution < 1.29 is 98.8 Å². The van der Waals surface area contributed by atoms with Gasteiger partial charge in [-0.05, 0) is 5.82 Å². The van der Waals surface area contributed by atoms with Crippen molar-refractivity contribution in [3.8, 4) is 0 Å². The van der Waals surface area contributed by atoms with E-state index < -0.39 is 156 Å². The largest absolute Gasteiger partial charge is 0.394 e. The van der Waals surface area contributed by atoms with Gasteiger partial charge in [-0.3, -0.25) is 0 Å². The average molecular weight is 814 g/mol. The van der Waals surface area contributed by atoms with E-state index >= 15 is 0 Å². The highest BCUT2D eigenvalue weighted by Gasteiger charge is 2.55.